The number of halogens is 1. The molecule has 1 heterocycles. The Morgan fingerprint density at radius 3 is 2.64 bits per heavy atom. The van der Waals surface area contributed by atoms with E-state index >= 15 is 0 Å². The number of nitrogens with one attached hydrogen (secondary N) is 2. The molecule has 6 heteroatoms. The van der Waals surface area contributed by atoms with Crippen molar-refractivity contribution in [2.24, 2.45) is 5.41 Å². The quantitative estimate of drug-likeness (QED) is 0.836. The van der Waals surface area contributed by atoms with Gasteiger partial charge in [0.15, 0.2) is 0 Å². The first-order valence-electron chi connectivity index (χ1n) is 9.51. The number of rotatable bonds is 4. The van der Waals surface area contributed by atoms with E-state index in [0.717, 1.165) is 18.4 Å². The van der Waals surface area contributed by atoms with Gasteiger partial charge < -0.3 is 15.5 Å². The van der Waals surface area contributed by atoms with Crippen LogP contribution in [0.2, 0.25) is 0 Å². The average molecular weight is 383 g/mol. The number of likely N-dealkylation sites (tertiary alicyclic amines) is 1. The van der Waals surface area contributed by atoms with Crippen molar-refractivity contribution in [3.05, 3.63) is 65.5 Å². The van der Waals surface area contributed by atoms with E-state index in [1.807, 2.05) is 38.1 Å². The Morgan fingerprint density at radius 2 is 1.93 bits per heavy atom. The fraction of sp³-hybridized carbons (Fsp3) is 0.364. The van der Waals surface area contributed by atoms with E-state index < -0.39 is 11.2 Å². The molecule has 5 nitrogen and oxygen atoms in total. The summed E-state index contributed by atoms with van der Waals surface area (Å²) in [5, 5.41) is 5.71. The number of piperidine rings is 1. The Balaban J connectivity index is 1.59. The van der Waals surface area contributed by atoms with Gasteiger partial charge in [0.2, 0.25) is 5.91 Å². The summed E-state index contributed by atoms with van der Waals surface area (Å²) in [4.78, 5) is 27.0. The molecule has 0 unspecified atom stereocenters. The molecule has 3 rings (SSSR count). The van der Waals surface area contributed by atoms with Crippen molar-refractivity contribution in [1.29, 1.82) is 0 Å². The summed E-state index contributed by atoms with van der Waals surface area (Å²) in [5.74, 6) is -0.465. The van der Waals surface area contributed by atoms with Gasteiger partial charge in [-0.05, 0) is 50.5 Å². The minimum Gasteiger partial charge on any atom is -0.351 e. The number of amides is 3. The van der Waals surface area contributed by atoms with Crippen LogP contribution in [0.25, 0.3) is 0 Å². The lowest BCUT2D eigenvalue weighted by Gasteiger charge is -2.39. The van der Waals surface area contributed by atoms with Crippen molar-refractivity contribution in [3.63, 3.8) is 0 Å². The van der Waals surface area contributed by atoms with Crippen LogP contribution in [0.4, 0.5) is 14.9 Å². The molecule has 0 saturated carbocycles. The van der Waals surface area contributed by atoms with Crippen LogP contribution in [0.15, 0.2) is 48.5 Å². The van der Waals surface area contributed by atoms with Crippen molar-refractivity contribution in [1.82, 2.24) is 10.2 Å². The second-order valence-electron chi connectivity index (χ2n) is 7.69. The molecule has 0 aromatic heterocycles. The van der Waals surface area contributed by atoms with Gasteiger partial charge in [-0.2, -0.15) is 0 Å². The van der Waals surface area contributed by atoms with Crippen molar-refractivity contribution in [2.45, 2.75) is 33.2 Å². The van der Waals surface area contributed by atoms with E-state index in [-0.39, 0.29) is 11.9 Å². The number of nitrogens with zero attached hydrogens (tertiary/aromatic N) is 1. The third kappa shape index (κ3) is 4.88. The molecule has 0 bridgehead atoms. The molecule has 148 valence electrons. The van der Waals surface area contributed by atoms with Crippen molar-refractivity contribution in [3.8, 4) is 0 Å². The van der Waals surface area contributed by atoms with Gasteiger partial charge in [0.05, 0.1) is 5.41 Å². The normalized spacial score (nSPS) is 19.2. The van der Waals surface area contributed by atoms with Crippen LogP contribution in [0.1, 0.15) is 30.9 Å². The molecule has 1 saturated heterocycles. The van der Waals surface area contributed by atoms with E-state index in [2.05, 4.69) is 10.6 Å². The topological polar surface area (TPSA) is 61.4 Å². The number of hydrogen-bond acceptors (Lipinski definition) is 2. The predicted octanol–water partition coefficient (Wildman–Crippen LogP) is 4.08. The van der Waals surface area contributed by atoms with Crippen LogP contribution in [0.3, 0.4) is 0 Å². The van der Waals surface area contributed by atoms with Crippen molar-refractivity contribution >= 4 is 17.6 Å². The van der Waals surface area contributed by atoms with Crippen LogP contribution in [-0.2, 0) is 11.3 Å². The van der Waals surface area contributed by atoms with Crippen LogP contribution < -0.4 is 10.6 Å². The van der Waals surface area contributed by atoms with Crippen LogP contribution in [-0.4, -0.2) is 29.9 Å². The minimum atomic E-state index is -0.651. The minimum absolute atomic E-state index is 0.0590. The summed E-state index contributed by atoms with van der Waals surface area (Å²) >= 11 is 0. The highest BCUT2D eigenvalue weighted by Crippen LogP contribution is 2.30. The molecule has 1 fully saturated rings. The van der Waals surface area contributed by atoms with Crippen molar-refractivity contribution in [2.75, 3.05) is 18.4 Å². The zero-order valence-electron chi connectivity index (χ0n) is 16.3. The van der Waals surface area contributed by atoms with E-state index in [0.29, 0.717) is 25.3 Å². The maximum atomic E-state index is 13.3. The van der Waals surface area contributed by atoms with Gasteiger partial charge in [-0.1, -0.05) is 35.9 Å². The molecule has 28 heavy (non-hydrogen) atoms. The third-order valence-corrected chi connectivity index (χ3v) is 5.18. The molecule has 2 N–H and O–H groups in total. The number of aryl methyl sites for hydroxylation is 1. The number of hydrogen-bond donors (Lipinski definition) is 2. The summed E-state index contributed by atoms with van der Waals surface area (Å²) in [6.07, 6.45) is 1.46. The van der Waals surface area contributed by atoms with Crippen LogP contribution in [0.5, 0.6) is 0 Å². The average Bonchev–Trinajstić information content (AvgIpc) is 2.67. The largest absolute Gasteiger partial charge is 0.351 e. The van der Waals surface area contributed by atoms with Gasteiger partial charge in [-0.15, -0.1) is 0 Å². The smallest absolute Gasteiger partial charge is 0.321 e. The lowest BCUT2D eigenvalue weighted by molar-refractivity contribution is -0.132. The number of urea groups is 1. The number of anilines is 1. The molecule has 0 aliphatic carbocycles. The first kappa shape index (κ1) is 19.9. The van der Waals surface area contributed by atoms with Crippen LogP contribution >= 0.6 is 0 Å². The summed E-state index contributed by atoms with van der Waals surface area (Å²) in [6.45, 7) is 5.27. The second kappa shape index (κ2) is 8.42. The molecule has 2 aromatic carbocycles. The number of carbonyl (C=O) groups is 2. The molecular formula is C22H26FN3O2. The molecule has 0 radical (unpaired) electrons. The highest BCUT2D eigenvalue weighted by molar-refractivity contribution is 5.90. The van der Waals surface area contributed by atoms with Crippen molar-refractivity contribution < 1.29 is 14.0 Å². The highest BCUT2D eigenvalue weighted by atomic mass is 19.1. The Labute approximate surface area is 164 Å². The molecular weight excluding hydrogens is 357 g/mol. The molecule has 1 atom stereocenters. The lowest BCUT2D eigenvalue weighted by Crippen LogP contribution is -2.52. The van der Waals surface area contributed by atoms with Gasteiger partial charge >= 0.3 is 6.03 Å². The SMILES string of the molecule is Cc1ccc(CNC(=O)[C@]2(C)CCCN(C(=O)Nc3cccc(F)c3)C2)cc1. The first-order valence-corrected chi connectivity index (χ1v) is 9.51. The maximum Gasteiger partial charge on any atom is 0.321 e. The van der Waals surface area contributed by atoms with Gasteiger partial charge in [0.1, 0.15) is 5.82 Å². The van der Waals surface area contributed by atoms with E-state index in [1.54, 1.807) is 17.0 Å². The summed E-state index contributed by atoms with van der Waals surface area (Å²) < 4.78 is 13.3. The standard InChI is InChI=1S/C22H26FN3O2/c1-16-7-9-17(10-8-16)14-24-20(27)22(2)11-4-12-26(15-22)21(28)25-19-6-3-5-18(23)13-19/h3,5-10,13H,4,11-12,14-15H2,1-2H3,(H,24,27)(H,25,28)/t22-/m1/s1. The van der Waals surface area contributed by atoms with Crippen LogP contribution in [0, 0.1) is 18.2 Å². The molecule has 1 aliphatic rings. The Morgan fingerprint density at radius 1 is 1.18 bits per heavy atom. The molecule has 1 aliphatic heterocycles. The summed E-state index contributed by atoms with van der Waals surface area (Å²) in [7, 11) is 0. The highest BCUT2D eigenvalue weighted by Gasteiger charge is 2.39. The fourth-order valence-corrected chi connectivity index (χ4v) is 3.47. The maximum absolute atomic E-state index is 13.3. The Kier molecular flexibility index (Phi) is 5.97. The van der Waals surface area contributed by atoms with E-state index in [4.69, 9.17) is 0 Å². The fourth-order valence-electron chi connectivity index (χ4n) is 3.47. The number of benzene rings is 2. The van der Waals surface area contributed by atoms with Gasteiger partial charge in [-0.25, -0.2) is 9.18 Å². The summed E-state index contributed by atoms with van der Waals surface area (Å²) in [5.41, 5.74) is 1.97. The monoisotopic (exact) mass is 383 g/mol. The summed E-state index contributed by atoms with van der Waals surface area (Å²) in [6, 6.07) is 13.5. The molecule has 0 spiro atoms. The Hall–Kier alpha value is -2.89. The zero-order chi connectivity index (χ0) is 20.1. The zero-order valence-corrected chi connectivity index (χ0v) is 16.3. The van der Waals surface area contributed by atoms with Gasteiger partial charge in [0, 0.05) is 25.3 Å². The lowest BCUT2D eigenvalue weighted by atomic mass is 9.81. The second-order valence-corrected chi connectivity index (χ2v) is 7.69. The predicted molar refractivity (Wildman–Crippen MR) is 107 cm³/mol. The molecule has 3 amide bonds. The third-order valence-electron chi connectivity index (χ3n) is 5.18. The molecule has 2 aromatic rings. The number of carbonyl (C=O) groups excluding carboxylic acids is 2. The first-order chi connectivity index (χ1) is 13.4. The van der Waals surface area contributed by atoms with E-state index in [9.17, 15) is 14.0 Å². The van der Waals surface area contributed by atoms with Gasteiger partial charge in [0.25, 0.3) is 0 Å². The Bertz CT molecular complexity index is 853. The van der Waals surface area contributed by atoms with Gasteiger partial charge in [-0.3, -0.25) is 4.79 Å². The van der Waals surface area contributed by atoms with E-state index in [1.165, 1.54) is 17.7 Å².